The predicted molar refractivity (Wildman–Crippen MR) is 166 cm³/mol. The average Bonchev–Trinajstić information content (AvgIpc) is 3.31. The molecule has 8 heteroatoms. The smallest absolute Gasteiger partial charge is 0.329 e. The van der Waals surface area contributed by atoms with E-state index < -0.39 is 35.7 Å². The lowest BCUT2D eigenvalue weighted by Crippen LogP contribution is -2.51. The van der Waals surface area contributed by atoms with E-state index in [-0.39, 0.29) is 30.5 Å². The molecular weight excluding hydrogens is 544 g/mol. The summed E-state index contributed by atoms with van der Waals surface area (Å²) in [4.78, 5) is 34.8. The average molecular weight is 595 g/mol. The first-order chi connectivity index (χ1) is 20.3. The van der Waals surface area contributed by atoms with Crippen LogP contribution in [0.4, 0.5) is 0 Å². The van der Waals surface area contributed by atoms with Gasteiger partial charge in [0.05, 0.1) is 32.5 Å². The monoisotopic (exact) mass is 594 g/mol. The molecule has 8 nitrogen and oxygen atoms in total. The SMILES string of the molecule is CCOC(=O)[C@@H]1[C@@H](C(C)(C)C)[C@H](OCc2ccc(C(C)(C)C)nc2OC)[C@H](c2ccccc2C)N1C(=O)[C@@H]1CCCCO1. The van der Waals surface area contributed by atoms with Gasteiger partial charge in [0.1, 0.15) is 12.1 Å². The van der Waals surface area contributed by atoms with Gasteiger partial charge in [-0.15, -0.1) is 0 Å². The predicted octanol–water partition coefficient (Wildman–Crippen LogP) is 6.33. The van der Waals surface area contributed by atoms with Crippen LogP contribution in [0.1, 0.15) is 96.2 Å². The summed E-state index contributed by atoms with van der Waals surface area (Å²) in [5.74, 6) is -0.447. The molecule has 0 N–H and O–H groups in total. The molecule has 5 atom stereocenters. The van der Waals surface area contributed by atoms with Crippen LogP contribution in [0.15, 0.2) is 36.4 Å². The highest BCUT2D eigenvalue weighted by Gasteiger charge is 2.60. The van der Waals surface area contributed by atoms with Crippen LogP contribution in [-0.2, 0) is 35.8 Å². The maximum atomic E-state index is 14.4. The summed E-state index contributed by atoms with van der Waals surface area (Å²) in [6.45, 7) is 17.4. The normalized spacial score (nSPS) is 24.6. The molecule has 2 aliphatic heterocycles. The van der Waals surface area contributed by atoms with Gasteiger partial charge in [-0.3, -0.25) is 4.79 Å². The van der Waals surface area contributed by atoms with Gasteiger partial charge in [0.15, 0.2) is 0 Å². The standard InChI is InChI=1S/C35H50N2O6/c1-10-41-33(39)29-27(35(6,7)8)30(43-21-23-18-19-26(34(3,4)5)36-31(23)40-9)28(24-16-12-11-15-22(24)2)37(29)32(38)25-17-13-14-20-42-25/h11-12,15-16,18-19,25,27-30H,10,13-14,17,20-21H2,1-9H3/t25-,27+,28-,29-,30-/m0/s1. The number of rotatable bonds is 8. The Kier molecular flexibility index (Phi) is 10.2. The summed E-state index contributed by atoms with van der Waals surface area (Å²) >= 11 is 0. The van der Waals surface area contributed by atoms with E-state index in [2.05, 4.69) is 41.5 Å². The van der Waals surface area contributed by atoms with Gasteiger partial charge in [0.25, 0.3) is 5.91 Å². The second kappa shape index (κ2) is 13.3. The van der Waals surface area contributed by atoms with E-state index in [9.17, 15) is 9.59 Å². The number of methoxy groups -OCH3 is 1. The molecule has 1 aromatic carbocycles. The molecule has 0 bridgehead atoms. The summed E-state index contributed by atoms with van der Waals surface area (Å²) in [5.41, 5.74) is 3.15. The van der Waals surface area contributed by atoms with Crippen molar-refractivity contribution >= 4 is 11.9 Å². The second-order valence-electron chi connectivity index (χ2n) is 13.9. The first-order valence-electron chi connectivity index (χ1n) is 15.6. The quantitative estimate of drug-likeness (QED) is 0.330. The number of aromatic nitrogens is 1. The van der Waals surface area contributed by atoms with E-state index in [0.29, 0.717) is 18.9 Å². The molecule has 1 amide bonds. The van der Waals surface area contributed by atoms with Gasteiger partial charge in [0, 0.05) is 29.2 Å². The van der Waals surface area contributed by atoms with Crippen LogP contribution in [0, 0.1) is 18.3 Å². The summed E-state index contributed by atoms with van der Waals surface area (Å²) < 4.78 is 24.3. The highest BCUT2D eigenvalue weighted by atomic mass is 16.5. The third kappa shape index (κ3) is 7.07. The molecule has 236 valence electrons. The number of carbonyl (C=O) groups is 2. The number of aryl methyl sites for hydroxylation is 1. The first-order valence-corrected chi connectivity index (χ1v) is 15.6. The first kappa shape index (κ1) is 32.9. The van der Waals surface area contributed by atoms with Gasteiger partial charge in [0.2, 0.25) is 5.88 Å². The van der Waals surface area contributed by atoms with Crippen molar-refractivity contribution < 1.29 is 28.5 Å². The van der Waals surface area contributed by atoms with Crippen LogP contribution in [0.5, 0.6) is 5.88 Å². The highest BCUT2D eigenvalue weighted by molar-refractivity contribution is 5.89. The van der Waals surface area contributed by atoms with Gasteiger partial charge >= 0.3 is 5.97 Å². The summed E-state index contributed by atoms with van der Waals surface area (Å²) in [7, 11) is 1.61. The summed E-state index contributed by atoms with van der Waals surface area (Å²) in [5, 5.41) is 0. The fourth-order valence-electron chi connectivity index (χ4n) is 6.51. The molecule has 43 heavy (non-hydrogen) atoms. The van der Waals surface area contributed by atoms with Crippen molar-refractivity contribution in [3.8, 4) is 5.88 Å². The second-order valence-corrected chi connectivity index (χ2v) is 13.9. The van der Waals surface area contributed by atoms with E-state index in [4.69, 9.17) is 23.9 Å². The Balaban J connectivity index is 1.84. The van der Waals surface area contributed by atoms with Crippen LogP contribution in [0.3, 0.4) is 0 Å². The molecule has 2 aliphatic rings. The molecule has 2 aromatic rings. The van der Waals surface area contributed by atoms with Crippen LogP contribution >= 0.6 is 0 Å². The third-order valence-corrected chi connectivity index (χ3v) is 8.68. The van der Waals surface area contributed by atoms with E-state index in [1.807, 2.05) is 43.3 Å². The molecule has 0 aliphatic carbocycles. The van der Waals surface area contributed by atoms with Gasteiger partial charge in [-0.25, -0.2) is 9.78 Å². The minimum absolute atomic E-state index is 0.139. The Morgan fingerprint density at radius 1 is 1.05 bits per heavy atom. The summed E-state index contributed by atoms with van der Waals surface area (Å²) in [6, 6.07) is 10.7. The zero-order valence-electron chi connectivity index (χ0n) is 27.4. The van der Waals surface area contributed by atoms with Gasteiger partial charge in [-0.05, 0) is 61.8 Å². The molecule has 2 saturated heterocycles. The van der Waals surface area contributed by atoms with Crippen LogP contribution in [-0.4, -0.2) is 60.3 Å². The van der Waals surface area contributed by atoms with E-state index in [1.54, 1.807) is 18.9 Å². The summed E-state index contributed by atoms with van der Waals surface area (Å²) in [6.07, 6.45) is 1.33. The van der Waals surface area contributed by atoms with E-state index >= 15 is 0 Å². The molecule has 1 aromatic heterocycles. The van der Waals surface area contributed by atoms with Crippen molar-refractivity contribution in [2.45, 2.75) is 111 Å². The number of likely N-dealkylation sites (tertiary alicyclic amines) is 1. The molecular formula is C35H50N2O6. The zero-order chi connectivity index (χ0) is 31.5. The number of esters is 1. The topological polar surface area (TPSA) is 87.2 Å². The van der Waals surface area contributed by atoms with Crippen LogP contribution in [0.2, 0.25) is 0 Å². The van der Waals surface area contributed by atoms with Crippen molar-refractivity contribution in [3.05, 3.63) is 58.8 Å². The Morgan fingerprint density at radius 3 is 2.35 bits per heavy atom. The van der Waals surface area contributed by atoms with Crippen LogP contribution < -0.4 is 4.74 Å². The molecule has 2 fully saturated rings. The third-order valence-electron chi connectivity index (χ3n) is 8.68. The Morgan fingerprint density at radius 2 is 1.77 bits per heavy atom. The Labute approximate surface area is 257 Å². The maximum absolute atomic E-state index is 14.4. The lowest BCUT2D eigenvalue weighted by molar-refractivity contribution is -0.162. The molecule has 0 saturated carbocycles. The van der Waals surface area contributed by atoms with Gasteiger partial charge < -0.3 is 23.8 Å². The molecule has 0 unspecified atom stereocenters. The number of amides is 1. The van der Waals surface area contributed by atoms with Crippen molar-refractivity contribution in [1.82, 2.24) is 9.88 Å². The van der Waals surface area contributed by atoms with Crippen molar-refractivity contribution in [2.75, 3.05) is 20.3 Å². The number of nitrogens with zero attached hydrogens (tertiary/aromatic N) is 2. The number of benzene rings is 1. The number of hydrogen-bond donors (Lipinski definition) is 0. The van der Waals surface area contributed by atoms with Crippen LogP contribution in [0.25, 0.3) is 0 Å². The van der Waals surface area contributed by atoms with Crippen molar-refractivity contribution in [2.24, 2.45) is 11.3 Å². The zero-order valence-corrected chi connectivity index (χ0v) is 27.4. The number of pyridine rings is 1. The van der Waals surface area contributed by atoms with Crippen molar-refractivity contribution in [3.63, 3.8) is 0 Å². The Bertz CT molecular complexity index is 1270. The van der Waals surface area contributed by atoms with Gasteiger partial charge in [-0.1, -0.05) is 65.8 Å². The van der Waals surface area contributed by atoms with Gasteiger partial charge in [-0.2, -0.15) is 0 Å². The molecule has 0 spiro atoms. The maximum Gasteiger partial charge on any atom is 0.329 e. The number of carbonyl (C=O) groups excluding carboxylic acids is 2. The lowest BCUT2D eigenvalue weighted by Gasteiger charge is -2.36. The van der Waals surface area contributed by atoms with E-state index in [1.165, 1.54) is 0 Å². The van der Waals surface area contributed by atoms with Crippen molar-refractivity contribution in [1.29, 1.82) is 0 Å². The lowest BCUT2D eigenvalue weighted by atomic mass is 9.73. The minimum atomic E-state index is -0.837. The number of hydrogen-bond acceptors (Lipinski definition) is 7. The number of ether oxygens (including phenoxy) is 4. The fourth-order valence-corrected chi connectivity index (χ4v) is 6.51. The molecule has 0 radical (unpaired) electrons. The highest BCUT2D eigenvalue weighted by Crippen LogP contribution is 2.51. The molecule has 3 heterocycles. The fraction of sp³-hybridized carbons (Fsp3) is 0.629. The van der Waals surface area contributed by atoms with E-state index in [0.717, 1.165) is 35.2 Å². The Hall–Kier alpha value is -2.97. The minimum Gasteiger partial charge on any atom is -0.481 e. The largest absolute Gasteiger partial charge is 0.481 e. The molecule has 4 rings (SSSR count).